The van der Waals surface area contributed by atoms with E-state index in [1.807, 2.05) is 35.2 Å². The number of carbonyl (C=O) groups excluding carboxylic acids is 1. The summed E-state index contributed by atoms with van der Waals surface area (Å²) < 4.78 is 41.2. The summed E-state index contributed by atoms with van der Waals surface area (Å²) in [6, 6.07) is 19.4. The summed E-state index contributed by atoms with van der Waals surface area (Å²) in [5, 5.41) is 1.89. The van der Waals surface area contributed by atoms with Gasteiger partial charge in [0.2, 0.25) is 15.9 Å². The minimum absolute atomic E-state index is 0.0876. The van der Waals surface area contributed by atoms with E-state index in [1.165, 1.54) is 16.4 Å². The van der Waals surface area contributed by atoms with Crippen LogP contribution in [0.15, 0.2) is 71.6 Å². The molecule has 1 aliphatic heterocycles. The number of piperidine rings is 1. The number of nitrogens with zero attached hydrogens (tertiary/aromatic N) is 2. The third-order valence-corrected chi connectivity index (χ3v) is 8.59. The second-order valence-electron chi connectivity index (χ2n) is 9.01. The summed E-state index contributed by atoms with van der Waals surface area (Å²) in [4.78, 5) is 15.5. The number of hydrogen-bond donors (Lipinski definition) is 0. The van der Waals surface area contributed by atoms with Crippen molar-refractivity contribution in [3.8, 4) is 0 Å². The van der Waals surface area contributed by atoms with Crippen molar-refractivity contribution in [3.63, 3.8) is 0 Å². The number of fused-ring (bicyclic) bond motifs is 1. The van der Waals surface area contributed by atoms with E-state index in [1.54, 1.807) is 24.3 Å². The van der Waals surface area contributed by atoms with Crippen LogP contribution >= 0.6 is 0 Å². The molecule has 2 fully saturated rings. The molecule has 0 radical (unpaired) electrons. The van der Waals surface area contributed by atoms with Crippen molar-refractivity contribution in [1.29, 1.82) is 0 Å². The second-order valence-corrected chi connectivity index (χ2v) is 10.9. The van der Waals surface area contributed by atoms with Gasteiger partial charge in [0.05, 0.1) is 4.90 Å². The molecule has 3 aromatic carbocycles. The molecule has 3 aromatic rings. The van der Waals surface area contributed by atoms with Crippen LogP contribution in [0, 0.1) is 11.7 Å². The SMILES string of the molecule is O=C(C1CCN(S(=O)(=O)c2ccc3ccccc3c2)CC1)N(Cc1ccc(F)cc1)C1CC1. The first-order valence-electron chi connectivity index (χ1n) is 11.5. The number of sulfonamides is 1. The number of benzene rings is 3. The van der Waals surface area contributed by atoms with E-state index >= 15 is 0 Å². The second kappa shape index (κ2) is 8.88. The van der Waals surface area contributed by atoms with E-state index < -0.39 is 10.0 Å². The van der Waals surface area contributed by atoms with Crippen LogP contribution in [0.25, 0.3) is 10.8 Å². The van der Waals surface area contributed by atoms with E-state index in [4.69, 9.17) is 0 Å². The van der Waals surface area contributed by atoms with Crippen molar-refractivity contribution >= 4 is 26.7 Å². The van der Waals surface area contributed by atoms with Crippen LogP contribution in [0.1, 0.15) is 31.2 Å². The molecule has 0 bridgehead atoms. The molecule has 7 heteroatoms. The molecule has 0 spiro atoms. The number of amides is 1. The monoisotopic (exact) mass is 466 g/mol. The Morgan fingerprint density at radius 1 is 0.909 bits per heavy atom. The molecule has 0 unspecified atom stereocenters. The van der Waals surface area contributed by atoms with Gasteiger partial charge in [0.25, 0.3) is 0 Å². The first kappa shape index (κ1) is 22.0. The number of hydrogen-bond acceptors (Lipinski definition) is 3. The molecule has 1 heterocycles. The van der Waals surface area contributed by atoms with Crippen LogP contribution in [-0.2, 0) is 21.4 Å². The molecule has 5 rings (SSSR count). The molecular weight excluding hydrogens is 439 g/mol. The van der Waals surface area contributed by atoms with Crippen LogP contribution in [0.5, 0.6) is 0 Å². The van der Waals surface area contributed by atoms with Crippen molar-refractivity contribution in [3.05, 3.63) is 78.1 Å². The Morgan fingerprint density at radius 2 is 1.58 bits per heavy atom. The summed E-state index contributed by atoms with van der Waals surface area (Å²) in [5.41, 5.74) is 0.910. The Bertz CT molecular complexity index is 1260. The van der Waals surface area contributed by atoms with Gasteiger partial charge < -0.3 is 4.90 Å². The molecule has 0 N–H and O–H groups in total. The van der Waals surface area contributed by atoms with Gasteiger partial charge in [-0.25, -0.2) is 12.8 Å². The number of halogens is 1. The lowest BCUT2D eigenvalue weighted by atomic mass is 9.96. The third-order valence-electron chi connectivity index (χ3n) is 6.70. The van der Waals surface area contributed by atoms with E-state index in [2.05, 4.69) is 0 Å². The van der Waals surface area contributed by atoms with E-state index in [0.29, 0.717) is 37.4 Å². The van der Waals surface area contributed by atoms with Gasteiger partial charge in [-0.3, -0.25) is 4.79 Å². The van der Waals surface area contributed by atoms with Gasteiger partial charge >= 0.3 is 0 Å². The lowest BCUT2D eigenvalue weighted by molar-refractivity contribution is -0.138. The van der Waals surface area contributed by atoms with Crippen molar-refractivity contribution in [2.24, 2.45) is 5.92 Å². The fourth-order valence-corrected chi connectivity index (χ4v) is 6.12. The molecule has 5 nitrogen and oxygen atoms in total. The molecular formula is C26H27FN2O3S. The van der Waals surface area contributed by atoms with Crippen molar-refractivity contribution in [2.45, 2.75) is 43.2 Å². The summed E-state index contributed by atoms with van der Waals surface area (Å²) in [6.07, 6.45) is 3.00. The smallest absolute Gasteiger partial charge is 0.243 e. The highest BCUT2D eigenvalue weighted by atomic mass is 32.2. The highest BCUT2D eigenvalue weighted by molar-refractivity contribution is 7.89. The average Bonchev–Trinajstić information content (AvgIpc) is 3.68. The van der Waals surface area contributed by atoms with Crippen LogP contribution in [0.3, 0.4) is 0 Å². The zero-order chi connectivity index (χ0) is 23.0. The van der Waals surface area contributed by atoms with Crippen molar-refractivity contribution in [2.75, 3.05) is 13.1 Å². The molecule has 0 atom stereocenters. The zero-order valence-electron chi connectivity index (χ0n) is 18.4. The van der Waals surface area contributed by atoms with Crippen LogP contribution in [-0.4, -0.2) is 42.7 Å². The van der Waals surface area contributed by atoms with E-state index in [0.717, 1.165) is 29.2 Å². The van der Waals surface area contributed by atoms with Gasteiger partial charge in [0, 0.05) is 31.6 Å². The summed E-state index contributed by atoms with van der Waals surface area (Å²) >= 11 is 0. The minimum Gasteiger partial charge on any atom is -0.335 e. The van der Waals surface area contributed by atoms with Gasteiger partial charge in [0.1, 0.15) is 5.82 Å². The van der Waals surface area contributed by atoms with Gasteiger partial charge in [-0.2, -0.15) is 4.31 Å². The predicted octanol–water partition coefficient (Wildman–Crippen LogP) is 4.57. The summed E-state index contributed by atoms with van der Waals surface area (Å²) in [6.45, 7) is 1.14. The third kappa shape index (κ3) is 4.66. The molecule has 0 aromatic heterocycles. The Labute approximate surface area is 193 Å². The van der Waals surface area contributed by atoms with Crippen molar-refractivity contribution < 1.29 is 17.6 Å². The van der Waals surface area contributed by atoms with Crippen LogP contribution in [0.4, 0.5) is 4.39 Å². The highest BCUT2D eigenvalue weighted by Crippen LogP contribution is 2.33. The summed E-state index contributed by atoms with van der Waals surface area (Å²) in [7, 11) is -3.61. The fraction of sp³-hybridized carbons (Fsp3) is 0.346. The topological polar surface area (TPSA) is 57.7 Å². The Morgan fingerprint density at radius 3 is 2.24 bits per heavy atom. The van der Waals surface area contributed by atoms with Gasteiger partial charge in [-0.1, -0.05) is 42.5 Å². The minimum atomic E-state index is -3.61. The summed E-state index contributed by atoms with van der Waals surface area (Å²) in [5.74, 6) is -0.387. The van der Waals surface area contributed by atoms with Gasteiger partial charge in [0.15, 0.2) is 0 Å². The van der Waals surface area contributed by atoms with E-state index in [9.17, 15) is 17.6 Å². The van der Waals surface area contributed by atoms with Crippen LogP contribution in [0.2, 0.25) is 0 Å². The molecule has 172 valence electrons. The van der Waals surface area contributed by atoms with Gasteiger partial charge in [-0.15, -0.1) is 0 Å². The van der Waals surface area contributed by atoms with E-state index in [-0.39, 0.29) is 23.7 Å². The molecule has 33 heavy (non-hydrogen) atoms. The Kier molecular flexibility index (Phi) is 5.93. The average molecular weight is 467 g/mol. The quantitative estimate of drug-likeness (QED) is 0.535. The predicted molar refractivity (Wildman–Crippen MR) is 125 cm³/mol. The maximum atomic E-state index is 13.3. The molecule has 2 aliphatic rings. The van der Waals surface area contributed by atoms with Crippen LogP contribution < -0.4 is 0 Å². The molecule has 1 saturated carbocycles. The molecule has 1 amide bonds. The lowest BCUT2D eigenvalue weighted by Crippen LogP contribution is -2.44. The number of carbonyl (C=O) groups is 1. The fourth-order valence-electron chi connectivity index (χ4n) is 4.61. The first-order valence-corrected chi connectivity index (χ1v) is 12.9. The maximum absolute atomic E-state index is 13.3. The van der Waals surface area contributed by atoms with Gasteiger partial charge in [-0.05, 0) is 66.3 Å². The lowest BCUT2D eigenvalue weighted by Gasteiger charge is -2.34. The Balaban J connectivity index is 1.26. The molecule has 1 saturated heterocycles. The largest absolute Gasteiger partial charge is 0.335 e. The normalized spacial score (nSPS) is 17.8. The van der Waals surface area contributed by atoms with Crippen molar-refractivity contribution in [1.82, 2.24) is 9.21 Å². The number of rotatable bonds is 6. The standard InChI is InChI=1S/C26H27FN2O3S/c27-23-8-5-19(6-9-23)18-29(24-10-11-24)26(30)21-13-15-28(16-14-21)33(31,32)25-12-7-20-3-1-2-4-22(20)17-25/h1-9,12,17,21,24H,10-11,13-16,18H2. The highest BCUT2D eigenvalue weighted by Gasteiger charge is 2.38. The molecule has 1 aliphatic carbocycles. The first-order chi connectivity index (χ1) is 15.9. The Hall–Kier alpha value is -2.77. The maximum Gasteiger partial charge on any atom is 0.243 e. The zero-order valence-corrected chi connectivity index (χ0v) is 19.2.